The minimum absolute atomic E-state index is 0.0700. The van der Waals surface area contributed by atoms with Crippen molar-refractivity contribution < 1.29 is 22.8 Å². The Kier molecular flexibility index (Phi) is 5.49. The monoisotopic (exact) mass is 408 g/mol. The topological polar surface area (TPSA) is 133 Å². The molecule has 0 atom stereocenters. The summed E-state index contributed by atoms with van der Waals surface area (Å²) in [5, 5.41) is 6.39. The van der Waals surface area contributed by atoms with Crippen LogP contribution in [0.5, 0.6) is 0 Å². The second-order valence-electron chi connectivity index (χ2n) is 6.11. The van der Waals surface area contributed by atoms with Gasteiger partial charge in [0.25, 0.3) is 0 Å². The zero-order chi connectivity index (χ0) is 20.3. The molecular formula is C16H20N6O5S. The number of fused-ring (bicyclic) bond motifs is 1. The van der Waals surface area contributed by atoms with Crippen LogP contribution < -0.4 is 10.0 Å². The molecule has 28 heavy (non-hydrogen) atoms. The molecule has 12 heteroatoms. The number of nitrogens with one attached hydrogen (secondary N) is 2. The largest absolute Gasteiger partial charge is 0.337 e. The summed E-state index contributed by atoms with van der Waals surface area (Å²) in [6.07, 6.45) is 3.21. The van der Waals surface area contributed by atoms with Crippen molar-refractivity contribution in [2.24, 2.45) is 0 Å². The highest BCUT2D eigenvalue weighted by molar-refractivity contribution is 7.92. The summed E-state index contributed by atoms with van der Waals surface area (Å²) in [6.45, 7) is 2.24. The van der Waals surface area contributed by atoms with E-state index in [-0.39, 0.29) is 25.4 Å². The molecule has 0 spiro atoms. The van der Waals surface area contributed by atoms with Crippen molar-refractivity contribution in [2.45, 2.75) is 6.92 Å². The third-order valence-electron chi connectivity index (χ3n) is 4.26. The summed E-state index contributed by atoms with van der Waals surface area (Å²) in [6, 6.07) is 4.13. The van der Waals surface area contributed by atoms with E-state index in [1.165, 1.54) is 4.90 Å². The van der Waals surface area contributed by atoms with Crippen LogP contribution in [0.4, 0.5) is 10.5 Å². The lowest BCUT2D eigenvalue weighted by molar-refractivity contribution is -0.153. The number of imide groups is 1. The van der Waals surface area contributed by atoms with Crippen molar-refractivity contribution in [3.05, 3.63) is 30.6 Å². The molecule has 2 aromatic heterocycles. The van der Waals surface area contributed by atoms with Crippen LogP contribution in [0.2, 0.25) is 0 Å². The summed E-state index contributed by atoms with van der Waals surface area (Å²) in [5.41, 5.74) is 1.10. The standard InChI is InChI=1S/C16H20N6O5S/c1-2-20-8-9-21(15(24)14(20)23)16(25)17-6-10-28(26,27)19-12-4-7-22-13(11-12)3-5-18-22/h3-5,7,11,19H,2,6,8-10H2,1H3,(H,17,25). The van der Waals surface area contributed by atoms with E-state index in [1.807, 2.05) is 0 Å². The molecule has 4 amide bonds. The molecule has 0 aromatic carbocycles. The average molecular weight is 408 g/mol. The molecule has 0 radical (unpaired) electrons. The van der Waals surface area contributed by atoms with Gasteiger partial charge in [-0.1, -0.05) is 0 Å². The number of pyridine rings is 1. The number of aromatic nitrogens is 2. The fourth-order valence-corrected chi connectivity index (χ4v) is 3.73. The lowest BCUT2D eigenvalue weighted by Crippen LogP contribution is -2.58. The fraction of sp³-hybridized carbons (Fsp3) is 0.375. The van der Waals surface area contributed by atoms with E-state index in [2.05, 4.69) is 15.1 Å². The maximum Gasteiger partial charge on any atom is 0.324 e. The molecule has 11 nitrogen and oxygen atoms in total. The van der Waals surface area contributed by atoms with Crippen LogP contribution in [0.25, 0.3) is 5.52 Å². The second kappa shape index (κ2) is 7.84. The molecular weight excluding hydrogens is 388 g/mol. The summed E-state index contributed by atoms with van der Waals surface area (Å²) < 4.78 is 28.4. The van der Waals surface area contributed by atoms with Gasteiger partial charge in [0.15, 0.2) is 0 Å². The van der Waals surface area contributed by atoms with Gasteiger partial charge in [0.05, 0.1) is 17.0 Å². The number of hydrogen-bond donors (Lipinski definition) is 2. The maximum atomic E-state index is 12.2. The highest BCUT2D eigenvalue weighted by Gasteiger charge is 2.35. The van der Waals surface area contributed by atoms with Crippen LogP contribution in [-0.4, -0.2) is 77.6 Å². The molecule has 0 unspecified atom stereocenters. The van der Waals surface area contributed by atoms with Crippen LogP contribution in [0.1, 0.15) is 6.92 Å². The van der Waals surface area contributed by atoms with E-state index in [1.54, 1.807) is 42.0 Å². The van der Waals surface area contributed by atoms with Crippen LogP contribution in [0, 0.1) is 0 Å². The molecule has 3 heterocycles. The number of rotatable bonds is 6. The molecule has 2 aromatic rings. The number of carbonyl (C=O) groups excluding carboxylic acids is 3. The number of urea groups is 1. The third-order valence-corrected chi connectivity index (χ3v) is 5.54. The molecule has 3 rings (SSSR count). The predicted molar refractivity (Wildman–Crippen MR) is 100.0 cm³/mol. The van der Waals surface area contributed by atoms with Crippen LogP contribution in [0.15, 0.2) is 30.6 Å². The molecule has 150 valence electrons. The summed E-state index contributed by atoms with van der Waals surface area (Å²) in [5.74, 6) is -2.05. The third kappa shape index (κ3) is 4.22. The number of anilines is 1. The first-order valence-corrected chi connectivity index (χ1v) is 10.3. The Morgan fingerprint density at radius 3 is 2.75 bits per heavy atom. The van der Waals surface area contributed by atoms with Crippen molar-refractivity contribution in [1.29, 1.82) is 0 Å². The van der Waals surface area contributed by atoms with Crippen LogP contribution in [-0.2, 0) is 19.6 Å². The molecule has 1 aliphatic heterocycles. The summed E-state index contributed by atoms with van der Waals surface area (Å²) >= 11 is 0. The first kappa shape index (κ1) is 19.6. The number of sulfonamides is 1. The van der Waals surface area contributed by atoms with Crippen LogP contribution in [0.3, 0.4) is 0 Å². The Labute approximate surface area is 161 Å². The number of likely N-dealkylation sites (N-methyl/N-ethyl adjacent to an activating group) is 1. The highest BCUT2D eigenvalue weighted by Crippen LogP contribution is 2.13. The zero-order valence-corrected chi connectivity index (χ0v) is 16.0. The van der Waals surface area contributed by atoms with Gasteiger partial charge in [0.2, 0.25) is 10.0 Å². The minimum Gasteiger partial charge on any atom is -0.337 e. The van der Waals surface area contributed by atoms with Gasteiger partial charge in [-0.05, 0) is 25.1 Å². The fourth-order valence-electron chi connectivity index (χ4n) is 2.77. The van der Waals surface area contributed by atoms with E-state index in [0.717, 1.165) is 10.4 Å². The minimum atomic E-state index is -3.72. The lowest BCUT2D eigenvalue weighted by atomic mass is 10.3. The first-order chi connectivity index (χ1) is 13.3. The van der Waals surface area contributed by atoms with Crippen molar-refractivity contribution in [2.75, 3.05) is 36.7 Å². The molecule has 0 bridgehead atoms. The number of amides is 4. The number of piperazine rings is 1. The van der Waals surface area contributed by atoms with E-state index in [9.17, 15) is 22.8 Å². The summed E-state index contributed by atoms with van der Waals surface area (Å²) in [7, 11) is -3.72. The SMILES string of the molecule is CCN1CCN(C(=O)NCCS(=O)(=O)Nc2ccn3nccc3c2)C(=O)C1=O. The zero-order valence-electron chi connectivity index (χ0n) is 15.2. The van der Waals surface area contributed by atoms with Gasteiger partial charge in [-0.25, -0.2) is 17.7 Å². The Hall–Kier alpha value is -3.15. The second-order valence-corrected chi connectivity index (χ2v) is 7.95. The van der Waals surface area contributed by atoms with Gasteiger partial charge >= 0.3 is 17.8 Å². The molecule has 2 N–H and O–H groups in total. The lowest BCUT2D eigenvalue weighted by Gasteiger charge is -2.31. The Balaban J connectivity index is 1.52. The Bertz CT molecular complexity index is 1020. The molecule has 1 aliphatic rings. The quantitative estimate of drug-likeness (QED) is 0.618. The van der Waals surface area contributed by atoms with Gasteiger partial charge in [0, 0.05) is 38.6 Å². The maximum absolute atomic E-state index is 12.2. The highest BCUT2D eigenvalue weighted by atomic mass is 32.2. The molecule has 0 aliphatic carbocycles. The van der Waals surface area contributed by atoms with Gasteiger partial charge in [-0.3, -0.25) is 19.2 Å². The smallest absolute Gasteiger partial charge is 0.324 e. The molecule has 0 saturated carbocycles. The normalized spacial score (nSPS) is 15.2. The first-order valence-electron chi connectivity index (χ1n) is 8.63. The van der Waals surface area contributed by atoms with E-state index in [0.29, 0.717) is 12.2 Å². The molecule has 1 fully saturated rings. The van der Waals surface area contributed by atoms with Crippen molar-refractivity contribution >= 4 is 39.1 Å². The van der Waals surface area contributed by atoms with Crippen LogP contribution >= 0.6 is 0 Å². The molecule has 1 saturated heterocycles. The summed E-state index contributed by atoms with van der Waals surface area (Å²) in [4.78, 5) is 38.0. The van der Waals surface area contributed by atoms with E-state index in [4.69, 9.17) is 0 Å². The van der Waals surface area contributed by atoms with Gasteiger partial charge in [-0.15, -0.1) is 0 Å². The van der Waals surface area contributed by atoms with Crippen molar-refractivity contribution in [3.63, 3.8) is 0 Å². The average Bonchev–Trinajstić information content (AvgIpc) is 3.11. The van der Waals surface area contributed by atoms with Crippen molar-refractivity contribution in [3.8, 4) is 0 Å². The van der Waals surface area contributed by atoms with Crippen molar-refractivity contribution in [1.82, 2.24) is 24.7 Å². The van der Waals surface area contributed by atoms with E-state index >= 15 is 0 Å². The van der Waals surface area contributed by atoms with E-state index < -0.39 is 27.9 Å². The van der Waals surface area contributed by atoms with Gasteiger partial charge < -0.3 is 10.2 Å². The predicted octanol–water partition coefficient (Wildman–Crippen LogP) is -0.524. The van der Waals surface area contributed by atoms with Gasteiger partial charge in [-0.2, -0.15) is 5.10 Å². The Morgan fingerprint density at radius 2 is 2.00 bits per heavy atom. The number of nitrogens with zero attached hydrogens (tertiary/aromatic N) is 4. The number of carbonyl (C=O) groups is 3. The Morgan fingerprint density at radius 1 is 1.21 bits per heavy atom. The number of hydrogen-bond acceptors (Lipinski definition) is 6. The van der Waals surface area contributed by atoms with Gasteiger partial charge in [0.1, 0.15) is 0 Å².